The summed E-state index contributed by atoms with van der Waals surface area (Å²) in [6, 6.07) is 21.3. The molecule has 0 radical (unpaired) electrons. The molecule has 9 heteroatoms. The smallest absolute Gasteiger partial charge is 0.481 e. The van der Waals surface area contributed by atoms with Gasteiger partial charge in [-0.1, -0.05) is 81.4 Å². The third-order valence-electron chi connectivity index (χ3n) is 6.49. The van der Waals surface area contributed by atoms with Crippen molar-refractivity contribution in [2.45, 2.75) is 45.2 Å². The lowest BCUT2D eigenvalue weighted by molar-refractivity contribution is 0.281. The Kier molecular flexibility index (Phi) is 8.71. The Bertz CT molecular complexity index is 1040. The molecule has 0 spiro atoms. The molecule has 1 atom stereocenters. The van der Waals surface area contributed by atoms with Crippen LogP contribution < -0.4 is 25.5 Å². The molecule has 1 heterocycles. The highest BCUT2D eigenvalue weighted by molar-refractivity contribution is 6.99. The number of anilines is 1. The van der Waals surface area contributed by atoms with Gasteiger partial charge in [0.15, 0.2) is 0 Å². The summed E-state index contributed by atoms with van der Waals surface area (Å²) >= 11 is 0. The molecular formula is C26H36BN3O4Si. The highest BCUT2D eigenvalue weighted by Gasteiger charge is 2.50. The van der Waals surface area contributed by atoms with E-state index in [9.17, 15) is 10.0 Å². The molecule has 0 saturated carbocycles. The SMILES string of the molecule is COc1nc(N(C)C(C)CCO[Si](c2ccccc2)(c2ccccc2)C(C)(C)C)ncc1B(O)O. The topological polar surface area (TPSA) is 87.9 Å². The normalized spacial score (nSPS) is 12.8. The Morgan fingerprint density at radius 2 is 1.54 bits per heavy atom. The van der Waals surface area contributed by atoms with Crippen molar-refractivity contribution < 1.29 is 19.2 Å². The summed E-state index contributed by atoms with van der Waals surface area (Å²) in [4.78, 5) is 10.6. The minimum absolute atomic E-state index is 0.0721. The molecule has 0 aliphatic rings. The van der Waals surface area contributed by atoms with E-state index in [2.05, 4.69) is 86.2 Å². The maximum atomic E-state index is 9.49. The Hall–Kier alpha value is -2.72. The fraction of sp³-hybridized carbons (Fsp3) is 0.385. The van der Waals surface area contributed by atoms with Gasteiger partial charge in [-0.05, 0) is 28.8 Å². The maximum Gasteiger partial charge on any atom is 0.495 e. The van der Waals surface area contributed by atoms with E-state index < -0.39 is 15.4 Å². The summed E-state index contributed by atoms with van der Waals surface area (Å²) < 4.78 is 12.2. The minimum Gasteiger partial charge on any atom is -0.481 e. The van der Waals surface area contributed by atoms with Crippen LogP contribution in [0.5, 0.6) is 5.88 Å². The second kappa shape index (κ2) is 11.3. The van der Waals surface area contributed by atoms with Gasteiger partial charge in [0.2, 0.25) is 11.8 Å². The molecule has 0 bridgehead atoms. The standard InChI is InChI=1S/C26H36BN3O4Si/c1-20(30(5)25-28-19-23(27(31)32)24(29-25)33-6)17-18-34-35(26(2,3)4,21-13-9-7-10-14-21)22-15-11-8-12-16-22/h7-16,19-20,31-32H,17-18H2,1-6H3. The lowest BCUT2D eigenvalue weighted by atomic mass is 9.82. The van der Waals surface area contributed by atoms with Crippen molar-refractivity contribution in [3.8, 4) is 5.88 Å². The molecular weight excluding hydrogens is 457 g/mol. The molecule has 1 unspecified atom stereocenters. The average Bonchev–Trinajstić information content (AvgIpc) is 2.85. The summed E-state index contributed by atoms with van der Waals surface area (Å²) in [5.41, 5.74) is 0.132. The molecule has 0 fully saturated rings. The second-order valence-corrected chi connectivity index (χ2v) is 14.1. The number of hydrogen-bond acceptors (Lipinski definition) is 7. The Morgan fingerprint density at radius 1 is 1.00 bits per heavy atom. The predicted molar refractivity (Wildman–Crippen MR) is 144 cm³/mol. The van der Waals surface area contributed by atoms with Crippen molar-refractivity contribution in [2.24, 2.45) is 0 Å². The van der Waals surface area contributed by atoms with Gasteiger partial charge < -0.3 is 24.1 Å². The van der Waals surface area contributed by atoms with Crippen LogP contribution in [0.1, 0.15) is 34.1 Å². The van der Waals surface area contributed by atoms with Gasteiger partial charge in [0.05, 0.1) is 12.6 Å². The number of nitrogens with zero attached hydrogens (tertiary/aromatic N) is 3. The van der Waals surface area contributed by atoms with Gasteiger partial charge in [0.25, 0.3) is 8.32 Å². The highest BCUT2D eigenvalue weighted by Crippen LogP contribution is 2.36. The van der Waals surface area contributed by atoms with Crippen LogP contribution >= 0.6 is 0 Å². The molecule has 2 aromatic carbocycles. The van der Waals surface area contributed by atoms with Crippen LogP contribution in [-0.4, -0.2) is 62.3 Å². The first kappa shape index (κ1) is 26.9. The summed E-state index contributed by atoms with van der Waals surface area (Å²) in [7, 11) is -0.926. The van der Waals surface area contributed by atoms with E-state index in [1.54, 1.807) is 0 Å². The molecule has 3 aromatic rings. The van der Waals surface area contributed by atoms with Crippen molar-refractivity contribution in [1.82, 2.24) is 9.97 Å². The summed E-state index contributed by atoms with van der Waals surface area (Å²) in [5.74, 6) is 0.594. The predicted octanol–water partition coefficient (Wildman–Crippen LogP) is 1.96. The van der Waals surface area contributed by atoms with Crippen LogP contribution in [0.25, 0.3) is 0 Å². The first-order chi connectivity index (χ1) is 16.6. The zero-order valence-corrected chi connectivity index (χ0v) is 22.5. The molecule has 3 rings (SSSR count). The summed E-state index contributed by atoms with van der Waals surface area (Å²) in [6.45, 7) is 9.48. The van der Waals surface area contributed by atoms with Crippen LogP contribution in [-0.2, 0) is 4.43 Å². The van der Waals surface area contributed by atoms with E-state index in [1.165, 1.54) is 23.7 Å². The molecule has 0 aliphatic heterocycles. The van der Waals surface area contributed by atoms with Crippen molar-refractivity contribution >= 4 is 37.2 Å². The fourth-order valence-electron chi connectivity index (χ4n) is 4.41. The van der Waals surface area contributed by atoms with E-state index in [1.807, 2.05) is 24.1 Å². The molecule has 35 heavy (non-hydrogen) atoms. The zero-order chi connectivity index (χ0) is 25.6. The van der Waals surface area contributed by atoms with Crippen LogP contribution in [0.4, 0.5) is 5.95 Å². The fourth-order valence-corrected chi connectivity index (χ4v) is 8.99. The molecule has 0 aliphatic carbocycles. The third kappa shape index (κ3) is 5.75. The molecule has 186 valence electrons. The van der Waals surface area contributed by atoms with Gasteiger partial charge in [0.1, 0.15) is 0 Å². The number of methoxy groups -OCH3 is 1. The van der Waals surface area contributed by atoms with Gasteiger partial charge in [-0.25, -0.2) is 4.98 Å². The van der Waals surface area contributed by atoms with Crippen LogP contribution in [0, 0.1) is 0 Å². The first-order valence-corrected chi connectivity index (χ1v) is 13.8. The zero-order valence-electron chi connectivity index (χ0n) is 21.5. The molecule has 1 aromatic heterocycles. The van der Waals surface area contributed by atoms with Crippen LogP contribution in [0.3, 0.4) is 0 Å². The first-order valence-electron chi connectivity index (χ1n) is 11.9. The third-order valence-corrected chi connectivity index (χ3v) is 11.5. The van der Waals surface area contributed by atoms with Gasteiger partial charge in [-0.2, -0.15) is 4.98 Å². The number of hydrogen-bond donors (Lipinski definition) is 2. The van der Waals surface area contributed by atoms with Gasteiger partial charge in [-0.15, -0.1) is 0 Å². The monoisotopic (exact) mass is 493 g/mol. The van der Waals surface area contributed by atoms with E-state index >= 15 is 0 Å². The minimum atomic E-state index is -2.59. The van der Waals surface area contributed by atoms with E-state index in [-0.39, 0.29) is 22.4 Å². The Morgan fingerprint density at radius 3 is 2.00 bits per heavy atom. The molecule has 2 N–H and O–H groups in total. The van der Waals surface area contributed by atoms with Crippen molar-refractivity contribution in [3.63, 3.8) is 0 Å². The average molecular weight is 493 g/mol. The molecule has 0 saturated heterocycles. The largest absolute Gasteiger partial charge is 0.495 e. The second-order valence-electron chi connectivity index (χ2n) is 9.77. The van der Waals surface area contributed by atoms with Gasteiger partial charge in [0, 0.05) is 25.9 Å². The van der Waals surface area contributed by atoms with Crippen LogP contribution in [0.2, 0.25) is 5.04 Å². The highest BCUT2D eigenvalue weighted by atomic mass is 28.4. The van der Waals surface area contributed by atoms with Gasteiger partial charge >= 0.3 is 7.12 Å². The number of aromatic nitrogens is 2. The Labute approximate surface area is 210 Å². The lowest BCUT2D eigenvalue weighted by Gasteiger charge is -2.43. The summed E-state index contributed by atoms with van der Waals surface area (Å²) in [5, 5.41) is 21.4. The van der Waals surface area contributed by atoms with Crippen molar-refractivity contribution in [3.05, 3.63) is 66.9 Å². The lowest BCUT2D eigenvalue weighted by Crippen LogP contribution is -2.66. The van der Waals surface area contributed by atoms with Crippen molar-refractivity contribution in [2.75, 3.05) is 25.7 Å². The van der Waals surface area contributed by atoms with E-state index in [4.69, 9.17) is 9.16 Å². The quantitative estimate of drug-likeness (QED) is 0.418. The maximum absolute atomic E-state index is 9.49. The molecule has 0 amide bonds. The summed E-state index contributed by atoms with van der Waals surface area (Å²) in [6.07, 6.45) is 2.14. The number of benzene rings is 2. The van der Waals surface area contributed by atoms with E-state index in [0.29, 0.717) is 12.6 Å². The Balaban J connectivity index is 1.84. The molecule has 7 nitrogen and oxygen atoms in total. The number of ether oxygens (including phenoxy) is 1. The van der Waals surface area contributed by atoms with Crippen LogP contribution in [0.15, 0.2) is 66.9 Å². The van der Waals surface area contributed by atoms with Crippen molar-refractivity contribution in [1.29, 1.82) is 0 Å². The van der Waals surface area contributed by atoms with E-state index in [0.717, 1.165) is 6.42 Å². The van der Waals surface area contributed by atoms with Gasteiger partial charge in [-0.3, -0.25) is 0 Å². The number of rotatable bonds is 10.